The fraction of sp³-hybridized carbons (Fsp3) is 0.222. The topological polar surface area (TPSA) is 59.9 Å². The van der Waals surface area contributed by atoms with Gasteiger partial charge in [-0.2, -0.15) is 0 Å². The van der Waals surface area contributed by atoms with E-state index >= 15 is 0 Å². The second kappa shape index (κ2) is 9.08. The van der Waals surface area contributed by atoms with E-state index in [0.717, 1.165) is 15.6 Å². The van der Waals surface area contributed by atoms with Gasteiger partial charge in [-0.1, -0.05) is 51.4 Å². The smallest absolute Gasteiger partial charge is 0.261 e. The number of methoxy groups -OCH3 is 1. The van der Waals surface area contributed by atoms with E-state index < -0.39 is 0 Å². The van der Waals surface area contributed by atoms with E-state index in [2.05, 4.69) is 26.4 Å². The molecule has 0 fully saturated rings. The molecule has 1 N–H and O–H groups in total. The van der Waals surface area contributed by atoms with Gasteiger partial charge in [0, 0.05) is 10.0 Å². The predicted octanol–water partition coefficient (Wildman–Crippen LogP) is 3.69. The number of carbonyl (C=O) groups is 1. The Balaban J connectivity index is 1.83. The lowest BCUT2D eigenvalue weighted by atomic mass is 10.1. The van der Waals surface area contributed by atoms with E-state index in [-0.39, 0.29) is 18.6 Å². The maximum Gasteiger partial charge on any atom is 0.261 e. The molecule has 2 rings (SSSR count). The summed E-state index contributed by atoms with van der Waals surface area (Å²) in [5.74, 6) is 0.451. The van der Waals surface area contributed by atoms with Crippen molar-refractivity contribution in [2.45, 2.75) is 13.0 Å². The van der Waals surface area contributed by atoms with Gasteiger partial charge in [-0.15, -0.1) is 0 Å². The van der Waals surface area contributed by atoms with E-state index in [0.29, 0.717) is 5.75 Å². The van der Waals surface area contributed by atoms with Crippen LogP contribution in [0, 0.1) is 0 Å². The molecule has 6 heteroatoms. The molecule has 2 aromatic carbocycles. The van der Waals surface area contributed by atoms with Gasteiger partial charge in [-0.3, -0.25) is 4.79 Å². The molecule has 126 valence electrons. The molecular formula is C18H19BrN2O3. The number of benzene rings is 2. The molecule has 24 heavy (non-hydrogen) atoms. The van der Waals surface area contributed by atoms with E-state index in [1.807, 2.05) is 55.5 Å². The molecular weight excluding hydrogens is 372 g/mol. The number of hydrogen-bond acceptors (Lipinski definition) is 4. The number of oxime groups is 1. The van der Waals surface area contributed by atoms with Crippen LogP contribution in [-0.2, 0) is 9.63 Å². The van der Waals surface area contributed by atoms with Gasteiger partial charge in [0.1, 0.15) is 5.75 Å². The molecule has 5 nitrogen and oxygen atoms in total. The van der Waals surface area contributed by atoms with Gasteiger partial charge >= 0.3 is 0 Å². The van der Waals surface area contributed by atoms with Crippen LogP contribution in [0.5, 0.6) is 5.75 Å². The Labute approximate surface area is 149 Å². The van der Waals surface area contributed by atoms with E-state index in [4.69, 9.17) is 9.57 Å². The molecule has 0 spiro atoms. The lowest BCUT2D eigenvalue weighted by Gasteiger charge is -2.15. The fourth-order valence-corrected chi connectivity index (χ4v) is 2.78. The number of ether oxygens (including phenoxy) is 1. The Kier molecular flexibility index (Phi) is 6.81. The lowest BCUT2D eigenvalue weighted by Crippen LogP contribution is -2.29. The van der Waals surface area contributed by atoms with Crippen molar-refractivity contribution in [3.63, 3.8) is 0 Å². The highest BCUT2D eigenvalue weighted by Crippen LogP contribution is 2.22. The molecule has 0 aliphatic rings. The van der Waals surface area contributed by atoms with Gasteiger partial charge in [0.25, 0.3) is 5.91 Å². The quantitative estimate of drug-likeness (QED) is 0.579. The third kappa shape index (κ3) is 5.09. The van der Waals surface area contributed by atoms with Crippen molar-refractivity contribution in [3.8, 4) is 5.75 Å². The second-order valence-corrected chi connectivity index (χ2v) is 5.91. The molecule has 0 heterocycles. The van der Waals surface area contributed by atoms with Crippen LogP contribution in [0.15, 0.2) is 58.2 Å². The van der Waals surface area contributed by atoms with E-state index in [1.54, 1.807) is 7.11 Å². The van der Waals surface area contributed by atoms with Crippen LogP contribution in [0.4, 0.5) is 0 Å². The van der Waals surface area contributed by atoms with Crippen molar-refractivity contribution in [2.24, 2.45) is 5.16 Å². The molecule has 0 aliphatic carbocycles. The van der Waals surface area contributed by atoms with Crippen LogP contribution >= 0.6 is 15.9 Å². The minimum atomic E-state index is -0.240. The minimum absolute atomic E-state index is 0.130. The maximum absolute atomic E-state index is 11.9. The molecule has 1 amide bonds. The van der Waals surface area contributed by atoms with E-state index in [9.17, 15) is 4.79 Å². The van der Waals surface area contributed by atoms with Crippen LogP contribution in [0.3, 0.4) is 0 Å². The van der Waals surface area contributed by atoms with Crippen molar-refractivity contribution in [3.05, 3.63) is 64.1 Å². The average molecular weight is 391 g/mol. The molecule has 0 radical (unpaired) electrons. The summed E-state index contributed by atoms with van der Waals surface area (Å²) in [5, 5.41) is 6.68. The monoisotopic (exact) mass is 390 g/mol. The SMILES string of the molecule is COc1ccccc1/C=N\OCC(=O)N[C@H](C)c1ccccc1Br. The summed E-state index contributed by atoms with van der Waals surface area (Å²) in [6.45, 7) is 1.76. The minimum Gasteiger partial charge on any atom is -0.496 e. The second-order valence-electron chi connectivity index (χ2n) is 5.06. The Bertz CT molecular complexity index is 719. The number of halogens is 1. The number of nitrogens with one attached hydrogen (secondary N) is 1. The normalized spacial score (nSPS) is 12.0. The largest absolute Gasteiger partial charge is 0.496 e. The standard InChI is InChI=1S/C18H19BrN2O3/c1-13(15-8-4-5-9-16(15)19)21-18(22)12-24-20-11-14-7-3-6-10-17(14)23-2/h3-11,13H,12H2,1-2H3,(H,21,22)/b20-11-/t13-/m1/s1. The van der Waals surface area contributed by atoms with Crippen molar-refractivity contribution >= 4 is 28.1 Å². The van der Waals surface area contributed by atoms with Crippen LogP contribution in [-0.4, -0.2) is 25.8 Å². The van der Waals surface area contributed by atoms with Crippen LogP contribution in [0.1, 0.15) is 24.1 Å². The first-order chi connectivity index (χ1) is 11.6. The number of nitrogens with zero attached hydrogens (tertiary/aromatic N) is 1. The summed E-state index contributed by atoms with van der Waals surface area (Å²) in [5.41, 5.74) is 1.78. The number of carbonyl (C=O) groups excluding carboxylic acids is 1. The zero-order valence-corrected chi connectivity index (χ0v) is 15.1. The molecule has 0 aliphatic heterocycles. The predicted molar refractivity (Wildman–Crippen MR) is 97.2 cm³/mol. The first-order valence-corrected chi connectivity index (χ1v) is 8.23. The van der Waals surface area contributed by atoms with Gasteiger partial charge in [0.2, 0.25) is 0 Å². The Hall–Kier alpha value is -2.34. The number of rotatable bonds is 7. The number of hydrogen-bond donors (Lipinski definition) is 1. The van der Waals surface area contributed by atoms with Crippen molar-refractivity contribution < 1.29 is 14.4 Å². The summed E-state index contributed by atoms with van der Waals surface area (Å²) in [6.07, 6.45) is 1.52. The Morgan fingerprint density at radius 1 is 1.25 bits per heavy atom. The van der Waals surface area contributed by atoms with Crippen LogP contribution in [0.2, 0.25) is 0 Å². The Morgan fingerprint density at radius 3 is 2.71 bits per heavy atom. The van der Waals surface area contributed by atoms with Crippen LogP contribution in [0.25, 0.3) is 0 Å². The van der Waals surface area contributed by atoms with Gasteiger partial charge in [0.05, 0.1) is 19.4 Å². The fourth-order valence-electron chi connectivity index (χ4n) is 2.15. The number of amides is 1. The maximum atomic E-state index is 11.9. The highest BCUT2D eigenvalue weighted by atomic mass is 79.9. The molecule has 0 bridgehead atoms. The summed E-state index contributed by atoms with van der Waals surface area (Å²) >= 11 is 3.47. The lowest BCUT2D eigenvalue weighted by molar-refractivity contribution is -0.126. The zero-order valence-electron chi connectivity index (χ0n) is 13.5. The van der Waals surface area contributed by atoms with Gasteiger partial charge in [0.15, 0.2) is 6.61 Å². The summed E-state index contributed by atoms with van der Waals surface area (Å²) in [7, 11) is 1.59. The average Bonchev–Trinajstić information content (AvgIpc) is 2.59. The van der Waals surface area contributed by atoms with Crippen molar-refractivity contribution in [1.82, 2.24) is 5.32 Å². The summed E-state index contributed by atoms with van der Waals surface area (Å²) in [6, 6.07) is 15.0. The van der Waals surface area contributed by atoms with Gasteiger partial charge in [-0.05, 0) is 30.7 Å². The zero-order chi connectivity index (χ0) is 17.4. The van der Waals surface area contributed by atoms with Crippen molar-refractivity contribution in [1.29, 1.82) is 0 Å². The molecule has 0 aromatic heterocycles. The van der Waals surface area contributed by atoms with Gasteiger partial charge in [-0.25, -0.2) is 0 Å². The summed E-state index contributed by atoms with van der Waals surface area (Å²) < 4.78 is 6.16. The highest BCUT2D eigenvalue weighted by molar-refractivity contribution is 9.10. The number of para-hydroxylation sites is 1. The highest BCUT2D eigenvalue weighted by Gasteiger charge is 2.12. The third-order valence-corrected chi connectivity index (χ3v) is 4.07. The molecule has 0 unspecified atom stereocenters. The molecule has 2 aromatic rings. The molecule has 0 saturated heterocycles. The van der Waals surface area contributed by atoms with Crippen molar-refractivity contribution in [2.75, 3.05) is 13.7 Å². The molecule has 1 atom stereocenters. The van der Waals surface area contributed by atoms with Crippen LogP contribution < -0.4 is 10.1 Å². The third-order valence-electron chi connectivity index (χ3n) is 3.35. The summed E-state index contributed by atoms with van der Waals surface area (Å²) in [4.78, 5) is 17.0. The van der Waals surface area contributed by atoms with Gasteiger partial charge < -0.3 is 14.9 Å². The first kappa shape index (κ1) is 18.0. The van der Waals surface area contributed by atoms with E-state index in [1.165, 1.54) is 6.21 Å². The molecule has 0 saturated carbocycles. The Morgan fingerprint density at radius 2 is 1.96 bits per heavy atom. The first-order valence-electron chi connectivity index (χ1n) is 7.44.